The van der Waals surface area contributed by atoms with E-state index in [1.165, 1.54) is 0 Å². The summed E-state index contributed by atoms with van der Waals surface area (Å²) in [5.41, 5.74) is -5.22. The van der Waals surface area contributed by atoms with E-state index in [4.69, 9.17) is 0 Å². The van der Waals surface area contributed by atoms with Gasteiger partial charge in [0.1, 0.15) is 0 Å². The Balaban J connectivity index is 2.48. The van der Waals surface area contributed by atoms with E-state index in [0.29, 0.717) is 29.7 Å². The summed E-state index contributed by atoms with van der Waals surface area (Å²) in [5, 5.41) is 6.37. The van der Waals surface area contributed by atoms with E-state index in [1.54, 1.807) is 0 Å². The molecule has 1 aliphatic heterocycles. The third kappa shape index (κ3) is 7.01. The van der Waals surface area contributed by atoms with Crippen molar-refractivity contribution in [2.45, 2.75) is 51.5 Å². The molecule has 0 aromatic rings. The van der Waals surface area contributed by atoms with Crippen molar-refractivity contribution in [3.8, 4) is 0 Å². The van der Waals surface area contributed by atoms with E-state index < -0.39 is 15.5 Å². The first-order chi connectivity index (χ1) is 11.7. The average molecular weight is 386 g/mol. The monoisotopic (exact) mass is 386 g/mol. The van der Waals surface area contributed by atoms with Gasteiger partial charge in [-0.3, -0.25) is 4.99 Å². The SMILES string of the molecule is CCCCCNC(=NCC1CCN(S(=O)(=O)C(F)(F)F)CC1)NCC. The van der Waals surface area contributed by atoms with Crippen molar-refractivity contribution >= 4 is 16.0 Å². The topological polar surface area (TPSA) is 73.8 Å². The lowest BCUT2D eigenvalue weighted by molar-refractivity contribution is -0.0496. The minimum absolute atomic E-state index is 0.0887. The molecule has 1 saturated heterocycles. The van der Waals surface area contributed by atoms with Crippen LogP contribution in [0.3, 0.4) is 0 Å². The van der Waals surface area contributed by atoms with Gasteiger partial charge in [-0.2, -0.15) is 17.5 Å². The smallest absolute Gasteiger partial charge is 0.357 e. The number of halogens is 3. The van der Waals surface area contributed by atoms with Crippen molar-refractivity contribution in [1.82, 2.24) is 14.9 Å². The number of unbranched alkanes of at least 4 members (excludes halogenated alkanes) is 2. The largest absolute Gasteiger partial charge is 0.511 e. The molecule has 2 N–H and O–H groups in total. The van der Waals surface area contributed by atoms with Crippen molar-refractivity contribution in [2.24, 2.45) is 10.9 Å². The number of rotatable bonds is 8. The van der Waals surface area contributed by atoms with Crippen molar-refractivity contribution in [1.29, 1.82) is 0 Å². The zero-order chi connectivity index (χ0) is 18.9. The fraction of sp³-hybridized carbons (Fsp3) is 0.933. The Bertz CT molecular complexity index is 515. The molecule has 0 saturated carbocycles. The quantitative estimate of drug-likeness (QED) is 0.381. The molecule has 0 bridgehead atoms. The zero-order valence-corrected chi connectivity index (χ0v) is 15.7. The highest BCUT2D eigenvalue weighted by Crippen LogP contribution is 2.30. The van der Waals surface area contributed by atoms with Gasteiger partial charge in [0.2, 0.25) is 0 Å². The van der Waals surface area contributed by atoms with Crippen LogP contribution < -0.4 is 10.6 Å². The number of nitrogens with one attached hydrogen (secondary N) is 2. The zero-order valence-electron chi connectivity index (χ0n) is 14.9. The van der Waals surface area contributed by atoms with Crippen LogP contribution in [0, 0.1) is 5.92 Å². The van der Waals surface area contributed by atoms with Gasteiger partial charge in [-0.25, -0.2) is 8.42 Å². The van der Waals surface area contributed by atoms with Gasteiger partial charge in [0.05, 0.1) is 0 Å². The second-order valence-electron chi connectivity index (χ2n) is 6.15. The normalized spacial score (nSPS) is 18.4. The lowest BCUT2D eigenvalue weighted by Gasteiger charge is -2.30. The number of aliphatic imine (C=N–C) groups is 1. The van der Waals surface area contributed by atoms with Gasteiger partial charge in [-0.05, 0) is 32.1 Å². The Labute approximate surface area is 148 Å². The first kappa shape index (κ1) is 22.0. The summed E-state index contributed by atoms with van der Waals surface area (Å²) in [7, 11) is -5.21. The predicted octanol–water partition coefficient (Wildman–Crippen LogP) is 2.29. The lowest BCUT2D eigenvalue weighted by atomic mass is 9.98. The second-order valence-corrected chi connectivity index (χ2v) is 8.08. The van der Waals surface area contributed by atoms with Gasteiger partial charge in [-0.15, -0.1) is 0 Å². The number of nitrogens with zero attached hydrogens (tertiary/aromatic N) is 2. The summed E-state index contributed by atoms with van der Waals surface area (Å²) in [6.45, 7) is 5.90. The molecule has 10 heteroatoms. The first-order valence-corrected chi connectivity index (χ1v) is 10.2. The molecule has 1 rings (SSSR count). The molecule has 6 nitrogen and oxygen atoms in total. The number of alkyl halides is 3. The predicted molar refractivity (Wildman–Crippen MR) is 92.8 cm³/mol. The molecule has 1 heterocycles. The van der Waals surface area contributed by atoms with Gasteiger partial charge in [0, 0.05) is 32.7 Å². The van der Waals surface area contributed by atoms with Crippen LogP contribution in [0.5, 0.6) is 0 Å². The summed E-state index contributed by atoms with van der Waals surface area (Å²) < 4.78 is 61.0. The van der Waals surface area contributed by atoms with Crippen LogP contribution in [0.25, 0.3) is 0 Å². The molecule has 1 fully saturated rings. The molecule has 0 radical (unpaired) electrons. The van der Waals surface area contributed by atoms with E-state index in [0.717, 1.165) is 32.4 Å². The number of guanidine groups is 1. The summed E-state index contributed by atoms with van der Waals surface area (Å²) in [6.07, 6.45) is 4.09. The number of piperidine rings is 1. The van der Waals surface area contributed by atoms with E-state index in [1.807, 2.05) is 6.92 Å². The molecular weight excluding hydrogens is 357 g/mol. The molecule has 0 atom stereocenters. The van der Waals surface area contributed by atoms with Crippen LogP contribution in [0.1, 0.15) is 46.0 Å². The number of hydrogen-bond acceptors (Lipinski definition) is 3. The summed E-state index contributed by atoms with van der Waals surface area (Å²) >= 11 is 0. The molecule has 0 aromatic heterocycles. The van der Waals surface area contributed by atoms with Crippen LogP contribution in [-0.4, -0.2) is 56.9 Å². The Morgan fingerprint density at radius 1 is 1.16 bits per heavy atom. The van der Waals surface area contributed by atoms with E-state index in [-0.39, 0.29) is 19.0 Å². The van der Waals surface area contributed by atoms with Crippen molar-refractivity contribution < 1.29 is 21.6 Å². The Morgan fingerprint density at radius 2 is 1.80 bits per heavy atom. The number of hydrogen-bond donors (Lipinski definition) is 2. The highest BCUT2D eigenvalue weighted by atomic mass is 32.2. The van der Waals surface area contributed by atoms with Crippen LogP contribution in [0.15, 0.2) is 4.99 Å². The Hall–Kier alpha value is -1.03. The van der Waals surface area contributed by atoms with E-state index >= 15 is 0 Å². The summed E-state index contributed by atoms with van der Waals surface area (Å²) in [6, 6.07) is 0. The van der Waals surface area contributed by atoms with Gasteiger partial charge in [0.25, 0.3) is 0 Å². The molecular formula is C15H29F3N4O2S. The summed E-state index contributed by atoms with van der Waals surface area (Å²) in [4.78, 5) is 4.47. The van der Waals surface area contributed by atoms with Gasteiger partial charge >= 0.3 is 15.5 Å². The highest BCUT2D eigenvalue weighted by molar-refractivity contribution is 7.90. The van der Waals surface area contributed by atoms with Gasteiger partial charge < -0.3 is 10.6 Å². The number of sulfonamides is 1. The fourth-order valence-electron chi connectivity index (χ4n) is 2.62. The molecule has 0 spiro atoms. The second kappa shape index (κ2) is 10.2. The standard InChI is InChI=1S/C15H29F3N4O2S/c1-3-5-6-9-20-14(19-4-2)21-12-13-7-10-22(11-8-13)25(23,24)15(16,17)18/h13H,3-12H2,1-2H3,(H2,19,20,21). The lowest BCUT2D eigenvalue weighted by Crippen LogP contribution is -2.45. The van der Waals surface area contributed by atoms with Crippen LogP contribution >= 0.6 is 0 Å². The van der Waals surface area contributed by atoms with E-state index in [9.17, 15) is 21.6 Å². The molecule has 0 unspecified atom stereocenters. The molecule has 25 heavy (non-hydrogen) atoms. The molecule has 0 aliphatic carbocycles. The van der Waals surface area contributed by atoms with Crippen LogP contribution in [0.2, 0.25) is 0 Å². The molecule has 0 amide bonds. The average Bonchev–Trinajstić information content (AvgIpc) is 2.55. The summed E-state index contributed by atoms with van der Waals surface area (Å²) in [5.74, 6) is 0.787. The van der Waals surface area contributed by atoms with Crippen molar-refractivity contribution in [2.75, 3.05) is 32.7 Å². The molecule has 148 valence electrons. The minimum atomic E-state index is -5.22. The third-order valence-electron chi connectivity index (χ3n) is 4.13. The maximum absolute atomic E-state index is 12.6. The molecule has 0 aromatic carbocycles. The minimum Gasteiger partial charge on any atom is -0.357 e. The Morgan fingerprint density at radius 3 is 2.32 bits per heavy atom. The van der Waals surface area contributed by atoms with E-state index in [2.05, 4.69) is 22.5 Å². The third-order valence-corrected chi connectivity index (χ3v) is 5.76. The van der Waals surface area contributed by atoms with Gasteiger partial charge in [0.15, 0.2) is 5.96 Å². The van der Waals surface area contributed by atoms with Crippen molar-refractivity contribution in [3.05, 3.63) is 0 Å². The van der Waals surface area contributed by atoms with Crippen molar-refractivity contribution in [3.63, 3.8) is 0 Å². The maximum atomic E-state index is 12.6. The first-order valence-electron chi connectivity index (χ1n) is 8.81. The van der Waals surface area contributed by atoms with Crippen LogP contribution in [-0.2, 0) is 10.0 Å². The molecule has 1 aliphatic rings. The van der Waals surface area contributed by atoms with Crippen LogP contribution in [0.4, 0.5) is 13.2 Å². The maximum Gasteiger partial charge on any atom is 0.511 e. The van der Waals surface area contributed by atoms with Gasteiger partial charge in [-0.1, -0.05) is 19.8 Å². The fourth-order valence-corrected chi connectivity index (χ4v) is 3.61. The Kier molecular flexibility index (Phi) is 8.98. The highest BCUT2D eigenvalue weighted by Gasteiger charge is 2.50.